The molecule has 0 aromatic heterocycles. The van der Waals surface area contributed by atoms with E-state index in [0.29, 0.717) is 12.8 Å². The molecule has 0 fully saturated rings. The molecule has 0 rings (SSSR count). The predicted molar refractivity (Wildman–Crippen MR) is 74.8 cm³/mol. The number of aliphatic carboxylic acids is 1. The molecule has 2 atom stereocenters. The Kier molecular flexibility index (Phi) is 7.09. The van der Waals surface area contributed by atoms with Gasteiger partial charge in [0.2, 0.25) is 0 Å². The van der Waals surface area contributed by atoms with Crippen LogP contribution in [0.3, 0.4) is 0 Å². The lowest BCUT2D eigenvalue weighted by atomic mass is 9.82. The van der Waals surface area contributed by atoms with E-state index in [4.69, 9.17) is 4.74 Å². The molecule has 0 amide bonds. The summed E-state index contributed by atoms with van der Waals surface area (Å²) in [5.41, 5.74) is -0.579. The van der Waals surface area contributed by atoms with Crippen LogP contribution in [0.4, 0.5) is 0 Å². The summed E-state index contributed by atoms with van der Waals surface area (Å²) < 4.78 is 5.36. The topological polar surface area (TPSA) is 63.6 Å². The van der Waals surface area contributed by atoms with Crippen molar-refractivity contribution in [2.45, 2.75) is 66.4 Å². The van der Waals surface area contributed by atoms with Gasteiger partial charge in [-0.25, -0.2) is 0 Å². The zero-order chi connectivity index (χ0) is 15.2. The first-order chi connectivity index (χ1) is 8.58. The van der Waals surface area contributed by atoms with E-state index in [1.165, 1.54) is 0 Å². The van der Waals surface area contributed by atoms with Crippen molar-refractivity contribution in [3.05, 3.63) is 0 Å². The fourth-order valence-corrected chi connectivity index (χ4v) is 2.12. The highest BCUT2D eigenvalue weighted by atomic mass is 16.6. The molecule has 0 aliphatic heterocycles. The molecule has 0 bridgehead atoms. The summed E-state index contributed by atoms with van der Waals surface area (Å²) in [4.78, 5) is 23.6. The minimum atomic E-state index is -0.905. The van der Waals surface area contributed by atoms with Gasteiger partial charge in [-0.15, -0.1) is 0 Å². The molecule has 0 saturated carbocycles. The maximum absolute atomic E-state index is 12.2. The predicted octanol–water partition coefficient (Wildman–Crippen LogP) is 3.49. The average Bonchev–Trinajstić information content (AvgIpc) is 2.19. The third kappa shape index (κ3) is 7.19. The third-order valence-electron chi connectivity index (χ3n) is 2.84. The molecule has 4 nitrogen and oxygen atoms in total. The summed E-state index contributed by atoms with van der Waals surface area (Å²) in [6.07, 6.45) is 1.82. The fourth-order valence-electron chi connectivity index (χ4n) is 2.12. The summed E-state index contributed by atoms with van der Waals surface area (Å²) in [5.74, 6) is -2.26. The largest absolute Gasteiger partial charge is 0.481 e. The van der Waals surface area contributed by atoms with Gasteiger partial charge >= 0.3 is 11.9 Å². The monoisotopic (exact) mass is 272 g/mol. The molecular formula is C15H28O4. The number of hydrogen-bond donors (Lipinski definition) is 1. The lowest BCUT2D eigenvalue weighted by Crippen LogP contribution is -2.36. The Hall–Kier alpha value is -1.06. The molecule has 0 radical (unpaired) electrons. The van der Waals surface area contributed by atoms with E-state index in [1.54, 1.807) is 20.8 Å². The van der Waals surface area contributed by atoms with Crippen molar-refractivity contribution < 1.29 is 19.4 Å². The number of esters is 1. The van der Waals surface area contributed by atoms with Crippen molar-refractivity contribution in [1.29, 1.82) is 0 Å². The first kappa shape index (κ1) is 17.9. The van der Waals surface area contributed by atoms with Crippen molar-refractivity contribution in [2.24, 2.45) is 17.8 Å². The summed E-state index contributed by atoms with van der Waals surface area (Å²) in [6, 6.07) is 0. The summed E-state index contributed by atoms with van der Waals surface area (Å²) in [5, 5.41) is 9.36. The molecule has 112 valence electrons. The van der Waals surface area contributed by atoms with Crippen molar-refractivity contribution in [3.8, 4) is 0 Å². The number of hydrogen-bond acceptors (Lipinski definition) is 3. The highest BCUT2D eigenvalue weighted by Gasteiger charge is 2.36. The standard InChI is InChI=1S/C15H28O4/c1-7-8-11(14(18)19-15(4,5)6)12(13(16)17)9-10(2)3/h10-12H,7-9H2,1-6H3,(H,16,17)/t11-,12?/m0/s1. The number of carbonyl (C=O) groups is 2. The summed E-state index contributed by atoms with van der Waals surface area (Å²) in [6.45, 7) is 11.3. The fraction of sp³-hybridized carbons (Fsp3) is 0.867. The van der Waals surface area contributed by atoms with Gasteiger partial charge < -0.3 is 9.84 Å². The van der Waals surface area contributed by atoms with Crippen LogP contribution in [-0.2, 0) is 14.3 Å². The van der Waals surface area contributed by atoms with E-state index in [-0.39, 0.29) is 11.9 Å². The van der Waals surface area contributed by atoms with E-state index < -0.39 is 23.4 Å². The van der Waals surface area contributed by atoms with Gasteiger partial charge in [0.25, 0.3) is 0 Å². The van der Waals surface area contributed by atoms with Crippen LogP contribution < -0.4 is 0 Å². The highest BCUT2D eigenvalue weighted by molar-refractivity contribution is 5.81. The Bertz CT molecular complexity index is 302. The van der Waals surface area contributed by atoms with Crippen molar-refractivity contribution in [1.82, 2.24) is 0 Å². The quantitative estimate of drug-likeness (QED) is 0.720. The second-order valence-corrected chi connectivity index (χ2v) is 6.50. The average molecular weight is 272 g/mol. The first-order valence-electron chi connectivity index (χ1n) is 7.04. The van der Waals surface area contributed by atoms with Crippen molar-refractivity contribution in [3.63, 3.8) is 0 Å². The Morgan fingerprint density at radius 3 is 2.00 bits per heavy atom. The summed E-state index contributed by atoms with van der Waals surface area (Å²) in [7, 11) is 0. The molecular weight excluding hydrogens is 244 g/mol. The maximum Gasteiger partial charge on any atom is 0.310 e. The Morgan fingerprint density at radius 1 is 1.16 bits per heavy atom. The van der Waals surface area contributed by atoms with Gasteiger partial charge in [-0.2, -0.15) is 0 Å². The van der Waals surface area contributed by atoms with Crippen molar-refractivity contribution >= 4 is 11.9 Å². The second-order valence-electron chi connectivity index (χ2n) is 6.50. The SMILES string of the molecule is CCC[C@H](C(=O)OC(C)(C)C)C(CC(C)C)C(=O)O. The van der Waals surface area contributed by atoms with Crippen molar-refractivity contribution in [2.75, 3.05) is 0 Å². The van der Waals surface area contributed by atoms with E-state index in [2.05, 4.69) is 0 Å². The molecule has 0 heterocycles. The molecule has 0 aromatic carbocycles. The molecule has 1 unspecified atom stereocenters. The van der Waals surface area contributed by atoms with Gasteiger partial charge in [0.15, 0.2) is 0 Å². The van der Waals surface area contributed by atoms with Crippen LogP contribution in [0, 0.1) is 17.8 Å². The van der Waals surface area contributed by atoms with Gasteiger partial charge in [-0.1, -0.05) is 27.2 Å². The van der Waals surface area contributed by atoms with Crippen LogP contribution in [-0.4, -0.2) is 22.6 Å². The van der Waals surface area contributed by atoms with Gasteiger partial charge in [0.1, 0.15) is 5.60 Å². The van der Waals surface area contributed by atoms with Crippen LogP contribution in [0.5, 0.6) is 0 Å². The number of carbonyl (C=O) groups excluding carboxylic acids is 1. The minimum absolute atomic E-state index is 0.239. The van der Waals surface area contributed by atoms with Gasteiger partial charge in [0, 0.05) is 0 Å². The number of ether oxygens (including phenoxy) is 1. The van der Waals surface area contributed by atoms with Crippen LogP contribution in [0.2, 0.25) is 0 Å². The van der Waals surface area contributed by atoms with Crippen LogP contribution in [0.1, 0.15) is 60.8 Å². The Labute approximate surface area is 116 Å². The summed E-state index contributed by atoms with van der Waals surface area (Å²) >= 11 is 0. The van der Waals surface area contributed by atoms with Gasteiger partial charge in [-0.3, -0.25) is 9.59 Å². The normalized spacial score (nSPS) is 15.1. The van der Waals surface area contributed by atoms with E-state index in [0.717, 1.165) is 6.42 Å². The molecule has 0 spiro atoms. The Morgan fingerprint density at radius 2 is 1.68 bits per heavy atom. The lowest BCUT2D eigenvalue weighted by molar-refractivity contribution is -0.167. The minimum Gasteiger partial charge on any atom is -0.481 e. The third-order valence-corrected chi connectivity index (χ3v) is 2.84. The molecule has 1 N–H and O–H groups in total. The smallest absolute Gasteiger partial charge is 0.310 e. The van der Waals surface area contributed by atoms with E-state index in [1.807, 2.05) is 20.8 Å². The van der Waals surface area contributed by atoms with Crippen LogP contribution in [0.15, 0.2) is 0 Å². The number of rotatable bonds is 7. The van der Waals surface area contributed by atoms with E-state index >= 15 is 0 Å². The lowest BCUT2D eigenvalue weighted by Gasteiger charge is -2.27. The molecule has 4 heteroatoms. The number of carboxylic acid groups (broad SMARTS) is 1. The first-order valence-corrected chi connectivity index (χ1v) is 7.04. The number of carboxylic acids is 1. The maximum atomic E-state index is 12.2. The van der Waals surface area contributed by atoms with E-state index in [9.17, 15) is 14.7 Å². The van der Waals surface area contributed by atoms with Gasteiger partial charge in [0.05, 0.1) is 11.8 Å². The zero-order valence-electron chi connectivity index (χ0n) is 13.0. The molecule has 0 aliphatic rings. The highest BCUT2D eigenvalue weighted by Crippen LogP contribution is 2.27. The molecule has 0 aromatic rings. The zero-order valence-corrected chi connectivity index (χ0v) is 13.0. The molecule has 19 heavy (non-hydrogen) atoms. The molecule has 0 saturated heterocycles. The van der Waals surface area contributed by atoms with Gasteiger partial charge in [-0.05, 0) is 39.5 Å². The Balaban J connectivity index is 5.02. The van der Waals surface area contributed by atoms with Crippen LogP contribution >= 0.6 is 0 Å². The molecule has 0 aliphatic carbocycles. The second kappa shape index (κ2) is 7.51. The van der Waals surface area contributed by atoms with Crippen LogP contribution in [0.25, 0.3) is 0 Å².